The minimum atomic E-state index is -2.94. The molecule has 0 bridgehead atoms. The number of rotatable bonds is 5. The van der Waals surface area contributed by atoms with Crippen LogP contribution in [0.15, 0.2) is 18.2 Å². The number of amides is 1. The van der Waals surface area contributed by atoms with Crippen molar-refractivity contribution in [3.05, 3.63) is 34.9 Å². The van der Waals surface area contributed by atoms with Gasteiger partial charge in [-0.05, 0) is 25.8 Å². The van der Waals surface area contributed by atoms with E-state index in [1.807, 2.05) is 0 Å². The molecule has 0 unspecified atom stereocenters. The third-order valence-corrected chi connectivity index (χ3v) is 6.15. The molecular weight excluding hydrogens is 306 g/mol. The zero-order chi connectivity index (χ0) is 15.5. The molecule has 1 heterocycles. The summed E-state index contributed by atoms with van der Waals surface area (Å²) in [5.41, 5.74) is 3.67. The Labute approximate surface area is 130 Å². The first-order chi connectivity index (χ1) is 9.84. The molecular formula is C15H21NO3S2. The third-order valence-electron chi connectivity index (χ3n) is 3.38. The molecule has 0 radical (unpaired) electrons. The van der Waals surface area contributed by atoms with Gasteiger partial charge in [0.15, 0.2) is 9.84 Å². The lowest BCUT2D eigenvalue weighted by Crippen LogP contribution is -2.36. The summed E-state index contributed by atoms with van der Waals surface area (Å²) >= 11 is 1.55. The van der Waals surface area contributed by atoms with Crippen LogP contribution in [0.5, 0.6) is 0 Å². The second-order valence-corrected chi connectivity index (χ2v) is 8.87. The van der Waals surface area contributed by atoms with Crippen LogP contribution >= 0.6 is 11.8 Å². The molecule has 6 heteroatoms. The monoisotopic (exact) mass is 327 g/mol. The number of carbonyl (C=O) groups is 1. The van der Waals surface area contributed by atoms with Gasteiger partial charge in [0.2, 0.25) is 5.91 Å². The number of thioether (sulfide) groups is 1. The van der Waals surface area contributed by atoms with Crippen LogP contribution in [-0.4, -0.2) is 37.6 Å². The molecule has 4 nitrogen and oxygen atoms in total. The Balaban J connectivity index is 1.74. The Morgan fingerprint density at radius 1 is 1.29 bits per heavy atom. The lowest BCUT2D eigenvalue weighted by Gasteiger charge is -2.10. The van der Waals surface area contributed by atoms with Gasteiger partial charge in [-0.15, -0.1) is 11.8 Å². The number of aryl methyl sites for hydroxylation is 2. The van der Waals surface area contributed by atoms with Gasteiger partial charge >= 0.3 is 0 Å². The van der Waals surface area contributed by atoms with Crippen LogP contribution in [-0.2, 0) is 20.4 Å². The maximum absolute atomic E-state index is 11.8. The van der Waals surface area contributed by atoms with Crippen molar-refractivity contribution < 1.29 is 13.2 Å². The Morgan fingerprint density at radius 3 is 2.52 bits per heavy atom. The molecule has 0 spiro atoms. The molecule has 116 valence electrons. The van der Waals surface area contributed by atoms with Crippen molar-refractivity contribution in [1.82, 2.24) is 5.32 Å². The maximum atomic E-state index is 11.8. The molecule has 1 aliphatic heterocycles. The van der Waals surface area contributed by atoms with Gasteiger partial charge in [0.25, 0.3) is 0 Å². The molecule has 0 aromatic heterocycles. The van der Waals surface area contributed by atoms with Gasteiger partial charge < -0.3 is 5.32 Å². The highest BCUT2D eigenvalue weighted by molar-refractivity contribution is 7.99. The van der Waals surface area contributed by atoms with E-state index in [0.29, 0.717) is 12.2 Å². The van der Waals surface area contributed by atoms with Gasteiger partial charge in [0.1, 0.15) is 0 Å². The third kappa shape index (κ3) is 5.36. The topological polar surface area (TPSA) is 63.2 Å². The molecule has 1 aliphatic rings. The Morgan fingerprint density at radius 2 is 1.95 bits per heavy atom. The van der Waals surface area contributed by atoms with E-state index < -0.39 is 9.84 Å². The van der Waals surface area contributed by atoms with Crippen molar-refractivity contribution >= 4 is 27.5 Å². The Bertz CT molecular complexity index is 606. The van der Waals surface area contributed by atoms with Crippen molar-refractivity contribution in [3.63, 3.8) is 0 Å². The number of sulfone groups is 1. The van der Waals surface area contributed by atoms with Gasteiger partial charge in [0, 0.05) is 11.8 Å². The van der Waals surface area contributed by atoms with Crippen LogP contribution in [0.4, 0.5) is 0 Å². The summed E-state index contributed by atoms with van der Waals surface area (Å²) in [6.07, 6.45) is 0.538. The molecule has 0 aliphatic carbocycles. The second-order valence-electron chi connectivity index (χ2n) is 5.66. The summed E-state index contributed by atoms with van der Waals surface area (Å²) in [7, 11) is -2.94. The van der Waals surface area contributed by atoms with Gasteiger partial charge in [-0.1, -0.05) is 29.3 Å². The van der Waals surface area contributed by atoms with Crippen LogP contribution < -0.4 is 5.32 Å². The molecule has 2 rings (SSSR count). The zero-order valence-corrected chi connectivity index (χ0v) is 14.0. The van der Waals surface area contributed by atoms with Crippen LogP contribution in [0, 0.1) is 13.8 Å². The summed E-state index contributed by atoms with van der Waals surface area (Å²) < 4.78 is 22.7. The van der Waals surface area contributed by atoms with E-state index in [0.717, 1.165) is 5.75 Å². The van der Waals surface area contributed by atoms with Gasteiger partial charge in [-0.2, -0.15) is 0 Å². The van der Waals surface area contributed by atoms with Crippen molar-refractivity contribution in [1.29, 1.82) is 0 Å². The highest BCUT2D eigenvalue weighted by atomic mass is 32.2. The molecule has 1 atom stereocenters. The van der Waals surface area contributed by atoms with Crippen molar-refractivity contribution in [3.8, 4) is 0 Å². The lowest BCUT2D eigenvalue weighted by atomic mass is 10.1. The summed E-state index contributed by atoms with van der Waals surface area (Å²) in [6.45, 7) is 4.13. The Kier molecular flexibility index (Phi) is 5.32. The predicted molar refractivity (Wildman–Crippen MR) is 87.3 cm³/mol. The average molecular weight is 327 g/mol. The van der Waals surface area contributed by atoms with Gasteiger partial charge in [-0.25, -0.2) is 8.42 Å². The molecule has 21 heavy (non-hydrogen) atoms. The number of nitrogens with one attached hydrogen (secondary N) is 1. The van der Waals surface area contributed by atoms with E-state index in [4.69, 9.17) is 0 Å². The van der Waals surface area contributed by atoms with E-state index in [9.17, 15) is 13.2 Å². The number of hydrogen-bond acceptors (Lipinski definition) is 4. The molecule has 1 saturated heterocycles. The number of carbonyl (C=O) groups excluding carboxylic acids is 1. The zero-order valence-electron chi connectivity index (χ0n) is 12.4. The van der Waals surface area contributed by atoms with Crippen molar-refractivity contribution in [2.45, 2.75) is 32.1 Å². The SMILES string of the molecule is Cc1cc(C)cc(CSCC(=O)N[C@@H]2CCS(=O)(=O)C2)c1. The molecule has 1 aromatic carbocycles. The minimum Gasteiger partial charge on any atom is -0.352 e. The van der Waals surface area contributed by atoms with Gasteiger partial charge in [-0.3, -0.25) is 4.79 Å². The summed E-state index contributed by atoms with van der Waals surface area (Å²) in [6, 6.07) is 6.17. The standard InChI is InChI=1S/C15H21NO3S2/c1-11-5-12(2)7-13(6-11)8-20-9-15(17)16-14-3-4-21(18,19)10-14/h5-7,14H,3-4,8-10H2,1-2H3,(H,16,17)/t14-/m1/s1. The Hall–Kier alpha value is -1.01. The van der Waals surface area contributed by atoms with Crippen LogP contribution in [0.3, 0.4) is 0 Å². The molecule has 1 fully saturated rings. The summed E-state index contributed by atoms with van der Waals surface area (Å²) in [5.74, 6) is 1.35. The largest absolute Gasteiger partial charge is 0.352 e. The van der Waals surface area contributed by atoms with Crippen LogP contribution in [0.2, 0.25) is 0 Å². The highest BCUT2D eigenvalue weighted by Gasteiger charge is 2.28. The first-order valence-electron chi connectivity index (χ1n) is 6.99. The molecule has 1 aromatic rings. The fraction of sp³-hybridized carbons (Fsp3) is 0.533. The molecule has 1 N–H and O–H groups in total. The highest BCUT2D eigenvalue weighted by Crippen LogP contribution is 2.16. The average Bonchev–Trinajstić information content (AvgIpc) is 2.67. The smallest absolute Gasteiger partial charge is 0.230 e. The summed E-state index contributed by atoms with van der Waals surface area (Å²) in [5, 5.41) is 2.80. The lowest BCUT2D eigenvalue weighted by molar-refractivity contribution is -0.119. The minimum absolute atomic E-state index is 0.0773. The quantitative estimate of drug-likeness (QED) is 0.896. The second kappa shape index (κ2) is 6.83. The van der Waals surface area contributed by atoms with Crippen molar-refractivity contribution in [2.75, 3.05) is 17.3 Å². The van der Waals surface area contributed by atoms with Gasteiger partial charge in [0.05, 0.1) is 17.3 Å². The number of benzene rings is 1. The molecule has 1 amide bonds. The fourth-order valence-corrected chi connectivity index (χ4v) is 5.04. The normalized spacial score (nSPS) is 20.4. The maximum Gasteiger partial charge on any atom is 0.230 e. The number of hydrogen-bond donors (Lipinski definition) is 1. The van der Waals surface area contributed by atoms with Crippen LogP contribution in [0.25, 0.3) is 0 Å². The van der Waals surface area contributed by atoms with E-state index in [1.54, 1.807) is 11.8 Å². The van der Waals surface area contributed by atoms with E-state index in [2.05, 4.69) is 37.4 Å². The first kappa shape index (κ1) is 16.4. The van der Waals surface area contributed by atoms with Crippen LogP contribution in [0.1, 0.15) is 23.1 Å². The first-order valence-corrected chi connectivity index (χ1v) is 9.96. The van der Waals surface area contributed by atoms with E-state index in [-0.39, 0.29) is 23.5 Å². The fourth-order valence-electron chi connectivity index (χ4n) is 2.59. The van der Waals surface area contributed by atoms with E-state index in [1.165, 1.54) is 16.7 Å². The molecule has 0 saturated carbocycles. The van der Waals surface area contributed by atoms with Crippen molar-refractivity contribution in [2.24, 2.45) is 0 Å². The predicted octanol–water partition coefficient (Wildman–Crippen LogP) is 1.84. The summed E-state index contributed by atoms with van der Waals surface area (Å²) in [4.78, 5) is 11.8. The van der Waals surface area contributed by atoms with E-state index >= 15 is 0 Å².